The molecule has 4 rings (SSSR count). The van der Waals surface area contributed by atoms with E-state index in [-0.39, 0.29) is 5.91 Å². The Morgan fingerprint density at radius 1 is 1.11 bits per heavy atom. The minimum Gasteiger partial charge on any atom is -0.508 e. The van der Waals surface area contributed by atoms with Gasteiger partial charge in [-0.15, -0.1) is 0 Å². The molecular weight excluding hydrogens is 352 g/mol. The van der Waals surface area contributed by atoms with Crippen LogP contribution in [0.3, 0.4) is 0 Å². The minimum absolute atomic E-state index is 0.0921. The number of amides is 1. The first-order valence-corrected chi connectivity index (χ1v) is 10.2. The Bertz CT molecular complexity index is 812. The standard InChI is InChI=1S/C22H28N4O2/c27-19-6-3-5-17(15-19)16-25-13-8-18(9-14-25)24-21-20(7-4-10-23-21)22(28)26-11-1-2-12-26/h3-7,10,15,18,27H,1-2,8-9,11-14,16H2,(H,23,24). The van der Waals surface area contributed by atoms with Gasteiger partial charge in [0.2, 0.25) is 0 Å². The highest BCUT2D eigenvalue weighted by atomic mass is 16.3. The number of phenols is 1. The predicted octanol–water partition coefficient (Wildman–Crippen LogP) is 3.10. The summed E-state index contributed by atoms with van der Waals surface area (Å²) < 4.78 is 0. The van der Waals surface area contributed by atoms with Crippen LogP contribution >= 0.6 is 0 Å². The number of likely N-dealkylation sites (tertiary alicyclic amines) is 2. The van der Waals surface area contributed by atoms with Gasteiger partial charge in [-0.25, -0.2) is 4.98 Å². The van der Waals surface area contributed by atoms with E-state index in [2.05, 4.69) is 15.2 Å². The number of carbonyl (C=O) groups is 1. The molecule has 1 amide bonds. The highest BCUT2D eigenvalue weighted by molar-refractivity contribution is 5.98. The van der Waals surface area contributed by atoms with Gasteiger partial charge in [0.1, 0.15) is 11.6 Å². The van der Waals surface area contributed by atoms with Crippen LogP contribution < -0.4 is 5.32 Å². The fourth-order valence-electron chi connectivity index (χ4n) is 4.13. The molecule has 148 valence electrons. The third-order valence-corrected chi connectivity index (χ3v) is 5.68. The number of rotatable bonds is 5. The number of benzene rings is 1. The fourth-order valence-corrected chi connectivity index (χ4v) is 4.13. The summed E-state index contributed by atoms with van der Waals surface area (Å²) >= 11 is 0. The van der Waals surface area contributed by atoms with Crippen molar-refractivity contribution in [1.82, 2.24) is 14.8 Å². The number of pyridine rings is 1. The summed E-state index contributed by atoms with van der Waals surface area (Å²) in [6, 6.07) is 11.5. The summed E-state index contributed by atoms with van der Waals surface area (Å²) in [5.74, 6) is 1.12. The molecule has 0 unspecified atom stereocenters. The number of piperidine rings is 1. The molecule has 2 aliphatic heterocycles. The molecule has 28 heavy (non-hydrogen) atoms. The summed E-state index contributed by atoms with van der Waals surface area (Å²) in [7, 11) is 0. The van der Waals surface area contributed by atoms with Crippen LogP contribution in [-0.4, -0.2) is 58.0 Å². The average Bonchev–Trinajstić information content (AvgIpc) is 3.24. The molecule has 3 heterocycles. The van der Waals surface area contributed by atoms with E-state index < -0.39 is 0 Å². The second-order valence-corrected chi connectivity index (χ2v) is 7.76. The molecular formula is C22H28N4O2. The molecule has 1 aromatic carbocycles. The normalized spacial score (nSPS) is 18.4. The Hall–Kier alpha value is -2.60. The number of nitrogens with zero attached hydrogens (tertiary/aromatic N) is 3. The second-order valence-electron chi connectivity index (χ2n) is 7.76. The Labute approximate surface area is 166 Å². The van der Waals surface area contributed by atoms with Crippen LogP contribution in [0.25, 0.3) is 0 Å². The van der Waals surface area contributed by atoms with E-state index >= 15 is 0 Å². The number of nitrogens with one attached hydrogen (secondary N) is 1. The molecule has 2 aliphatic rings. The summed E-state index contributed by atoms with van der Waals surface area (Å²) in [5, 5.41) is 13.2. The van der Waals surface area contributed by atoms with Gasteiger partial charge in [0, 0.05) is 45.0 Å². The zero-order valence-corrected chi connectivity index (χ0v) is 16.2. The van der Waals surface area contributed by atoms with Gasteiger partial charge in [-0.05, 0) is 55.5 Å². The van der Waals surface area contributed by atoms with Crippen molar-refractivity contribution in [2.24, 2.45) is 0 Å². The number of aromatic nitrogens is 1. The zero-order chi connectivity index (χ0) is 19.3. The first-order valence-electron chi connectivity index (χ1n) is 10.2. The van der Waals surface area contributed by atoms with Crippen LogP contribution in [0.1, 0.15) is 41.6 Å². The van der Waals surface area contributed by atoms with E-state index in [0.717, 1.165) is 64.0 Å². The topological polar surface area (TPSA) is 68.7 Å². The first kappa shape index (κ1) is 18.7. The molecule has 2 saturated heterocycles. The Balaban J connectivity index is 1.34. The van der Waals surface area contributed by atoms with Gasteiger partial charge in [0.15, 0.2) is 0 Å². The van der Waals surface area contributed by atoms with Crippen LogP contribution in [0.15, 0.2) is 42.6 Å². The maximum atomic E-state index is 12.8. The third-order valence-electron chi connectivity index (χ3n) is 5.68. The summed E-state index contributed by atoms with van der Waals surface area (Å²) in [5.41, 5.74) is 1.82. The second kappa shape index (κ2) is 8.61. The number of phenolic OH excluding ortho intramolecular Hbond substituents is 1. The molecule has 2 N–H and O–H groups in total. The molecule has 2 fully saturated rings. The lowest BCUT2D eigenvalue weighted by molar-refractivity contribution is 0.0793. The monoisotopic (exact) mass is 380 g/mol. The SMILES string of the molecule is O=C(c1cccnc1NC1CCN(Cc2cccc(O)c2)CC1)N1CCCC1. The minimum atomic E-state index is 0.0921. The Morgan fingerprint density at radius 3 is 2.64 bits per heavy atom. The molecule has 0 spiro atoms. The van der Waals surface area contributed by atoms with Crippen molar-refractivity contribution in [1.29, 1.82) is 0 Å². The number of aromatic hydroxyl groups is 1. The van der Waals surface area contributed by atoms with E-state index in [4.69, 9.17) is 0 Å². The van der Waals surface area contributed by atoms with Gasteiger partial charge in [0.25, 0.3) is 5.91 Å². The fraction of sp³-hybridized carbons (Fsp3) is 0.455. The molecule has 0 saturated carbocycles. The lowest BCUT2D eigenvalue weighted by Crippen LogP contribution is -2.39. The lowest BCUT2D eigenvalue weighted by Gasteiger charge is -2.33. The largest absolute Gasteiger partial charge is 0.508 e. The first-order chi connectivity index (χ1) is 13.7. The van der Waals surface area contributed by atoms with Gasteiger partial charge in [-0.1, -0.05) is 12.1 Å². The smallest absolute Gasteiger partial charge is 0.257 e. The van der Waals surface area contributed by atoms with E-state index in [0.29, 0.717) is 23.2 Å². The van der Waals surface area contributed by atoms with Gasteiger partial charge in [-0.3, -0.25) is 9.69 Å². The Kier molecular flexibility index (Phi) is 5.76. The molecule has 0 bridgehead atoms. The summed E-state index contributed by atoms with van der Waals surface area (Å²) in [4.78, 5) is 21.6. The van der Waals surface area contributed by atoms with E-state index in [1.807, 2.05) is 35.2 Å². The third kappa shape index (κ3) is 4.44. The van der Waals surface area contributed by atoms with E-state index in [9.17, 15) is 9.90 Å². The predicted molar refractivity (Wildman–Crippen MR) is 109 cm³/mol. The molecule has 6 nitrogen and oxygen atoms in total. The molecule has 2 aromatic rings. The van der Waals surface area contributed by atoms with Gasteiger partial charge in [-0.2, -0.15) is 0 Å². The van der Waals surface area contributed by atoms with Crippen LogP contribution in [0.2, 0.25) is 0 Å². The molecule has 0 aliphatic carbocycles. The molecule has 6 heteroatoms. The van der Waals surface area contributed by atoms with Crippen LogP contribution in [-0.2, 0) is 6.54 Å². The lowest BCUT2D eigenvalue weighted by atomic mass is 10.0. The highest BCUT2D eigenvalue weighted by Gasteiger charge is 2.25. The maximum absolute atomic E-state index is 12.8. The number of hydrogen-bond acceptors (Lipinski definition) is 5. The van der Waals surface area contributed by atoms with Crippen molar-refractivity contribution >= 4 is 11.7 Å². The number of carbonyl (C=O) groups excluding carboxylic acids is 1. The average molecular weight is 380 g/mol. The number of hydrogen-bond donors (Lipinski definition) is 2. The van der Waals surface area contributed by atoms with Crippen LogP contribution in [0, 0.1) is 0 Å². The van der Waals surface area contributed by atoms with Crippen molar-refractivity contribution < 1.29 is 9.90 Å². The molecule has 0 radical (unpaired) electrons. The number of anilines is 1. The molecule has 1 aromatic heterocycles. The zero-order valence-electron chi connectivity index (χ0n) is 16.2. The maximum Gasteiger partial charge on any atom is 0.257 e. The van der Waals surface area contributed by atoms with Crippen molar-refractivity contribution in [3.63, 3.8) is 0 Å². The Morgan fingerprint density at radius 2 is 1.89 bits per heavy atom. The molecule has 0 atom stereocenters. The van der Waals surface area contributed by atoms with Crippen molar-refractivity contribution in [2.75, 3.05) is 31.5 Å². The van der Waals surface area contributed by atoms with Crippen molar-refractivity contribution in [2.45, 2.75) is 38.3 Å². The van der Waals surface area contributed by atoms with E-state index in [1.165, 1.54) is 0 Å². The van der Waals surface area contributed by atoms with E-state index in [1.54, 1.807) is 12.3 Å². The van der Waals surface area contributed by atoms with Crippen molar-refractivity contribution in [3.05, 3.63) is 53.7 Å². The van der Waals surface area contributed by atoms with Gasteiger partial charge in [0.05, 0.1) is 5.56 Å². The summed E-state index contributed by atoms with van der Waals surface area (Å²) in [6.45, 7) is 4.51. The van der Waals surface area contributed by atoms with Crippen molar-refractivity contribution in [3.8, 4) is 5.75 Å². The highest BCUT2D eigenvalue weighted by Crippen LogP contribution is 2.22. The summed E-state index contributed by atoms with van der Waals surface area (Å²) in [6.07, 6.45) is 5.94. The van der Waals surface area contributed by atoms with Gasteiger partial charge < -0.3 is 15.3 Å². The quantitative estimate of drug-likeness (QED) is 0.834. The van der Waals surface area contributed by atoms with Crippen LogP contribution in [0.5, 0.6) is 5.75 Å². The van der Waals surface area contributed by atoms with Crippen LogP contribution in [0.4, 0.5) is 5.82 Å². The van der Waals surface area contributed by atoms with Gasteiger partial charge >= 0.3 is 0 Å².